The summed E-state index contributed by atoms with van der Waals surface area (Å²) in [5.74, 6) is -0.859. The Kier molecular flexibility index (Phi) is 6.25. The van der Waals surface area contributed by atoms with Gasteiger partial charge in [-0.05, 0) is 32.3 Å². The molecule has 2 aliphatic heterocycles. The first-order chi connectivity index (χ1) is 13.3. The number of carbonyl (C=O) groups is 2. The number of carboxylic acids is 1. The molecule has 2 heterocycles. The molecule has 1 spiro atoms. The number of nitrogens with zero attached hydrogens (tertiary/aromatic N) is 1. The molecule has 3 rings (SSSR count). The molecule has 154 valence electrons. The molecule has 0 aromatic heterocycles. The van der Waals surface area contributed by atoms with Crippen molar-refractivity contribution in [1.82, 2.24) is 10.2 Å². The number of hydrogen-bond donors (Lipinski definition) is 2. The van der Waals surface area contributed by atoms with Crippen molar-refractivity contribution >= 4 is 12.0 Å². The molecule has 0 radical (unpaired) electrons. The molecule has 2 atom stereocenters. The SMILES string of the molecule is CC1(C)CN(C(=O)NC(CCC(=O)O)Cc2ccccc2)CC2(CCOC2)O1. The lowest BCUT2D eigenvalue weighted by Gasteiger charge is -2.48. The standard InChI is InChI=1S/C21H30N2O5/c1-20(2)13-23(14-21(28-20)10-11-27-15-21)19(26)22-17(8-9-18(24)25)12-16-6-4-3-5-7-16/h3-7,17H,8-15H2,1-2H3,(H,22,26)(H,24,25). The third-order valence-corrected chi connectivity index (χ3v) is 5.26. The molecule has 1 aromatic carbocycles. The molecule has 0 saturated carbocycles. The van der Waals surface area contributed by atoms with Crippen LogP contribution in [0.3, 0.4) is 0 Å². The zero-order valence-corrected chi connectivity index (χ0v) is 16.6. The van der Waals surface area contributed by atoms with Gasteiger partial charge in [0.25, 0.3) is 0 Å². The van der Waals surface area contributed by atoms with E-state index in [1.165, 1.54) is 0 Å². The van der Waals surface area contributed by atoms with Gasteiger partial charge in [0.05, 0.1) is 25.3 Å². The number of carbonyl (C=O) groups excluding carboxylic acids is 1. The Balaban J connectivity index is 1.68. The smallest absolute Gasteiger partial charge is 0.317 e. The van der Waals surface area contributed by atoms with E-state index in [2.05, 4.69) is 5.32 Å². The molecule has 2 aliphatic rings. The Morgan fingerprint density at radius 3 is 2.64 bits per heavy atom. The lowest BCUT2D eigenvalue weighted by molar-refractivity contribution is -0.185. The lowest BCUT2D eigenvalue weighted by Crippen LogP contribution is -2.63. The molecule has 0 aliphatic carbocycles. The van der Waals surface area contributed by atoms with E-state index in [4.69, 9.17) is 14.6 Å². The van der Waals surface area contributed by atoms with Crippen LogP contribution in [-0.4, -0.2) is 65.6 Å². The number of carboxylic acid groups (broad SMARTS) is 1. The van der Waals surface area contributed by atoms with Crippen molar-refractivity contribution < 1.29 is 24.2 Å². The monoisotopic (exact) mass is 390 g/mol. The van der Waals surface area contributed by atoms with E-state index >= 15 is 0 Å². The number of morpholine rings is 1. The number of aliphatic carboxylic acids is 1. The van der Waals surface area contributed by atoms with Gasteiger partial charge in [0.1, 0.15) is 5.60 Å². The van der Waals surface area contributed by atoms with E-state index in [0.717, 1.165) is 12.0 Å². The summed E-state index contributed by atoms with van der Waals surface area (Å²) in [7, 11) is 0. The Morgan fingerprint density at radius 2 is 2.00 bits per heavy atom. The molecule has 2 unspecified atom stereocenters. The van der Waals surface area contributed by atoms with Crippen molar-refractivity contribution in [2.75, 3.05) is 26.3 Å². The van der Waals surface area contributed by atoms with Gasteiger partial charge in [0, 0.05) is 25.5 Å². The second kappa shape index (κ2) is 8.49. The second-order valence-electron chi connectivity index (χ2n) is 8.47. The maximum atomic E-state index is 13.0. The Morgan fingerprint density at radius 1 is 1.25 bits per heavy atom. The van der Waals surface area contributed by atoms with Gasteiger partial charge >= 0.3 is 12.0 Å². The summed E-state index contributed by atoms with van der Waals surface area (Å²) in [4.78, 5) is 25.9. The topological polar surface area (TPSA) is 88.1 Å². The highest BCUT2D eigenvalue weighted by atomic mass is 16.6. The van der Waals surface area contributed by atoms with E-state index in [1.807, 2.05) is 44.2 Å². The number of rotatable bonds is 6. The van der Waals surface area contributed by atoms with Crippen LogP contribution in [0.4, 0.5) is 4.79 Å². The fourth-order valence-corrected chi connectivity index (χ4v) is 4.14. The largest absolute Gasteiger partial charge is 0.481 e. The van der Waals surface area contributed by atoms with Crippen LogP contribution in [0, 0.1) is 0 Å². The van der Waals surface area contributed by atoms with E-state index in [1.54, 1.807) is 4.90 Å². The molecule has 2 N–H and O–H groups in total. The van der Waals surface area contributed by atoms with Crippen LogP contribution in [0.1, 0.15) is 38.7 Å². The minimum absolute atomic E-state index is 0.0180. The van der Waals surface area contributed by atoms with Crippen molar-refractivity contribution in [3.8, 4) is 0 Å². The van der Waals surface area contributed by atoms with Crippen LogP contribution in [0.5, 0.6) is 0 Å². The zero-order valence-electron chi connectivity index (χ0n) is 16.6. The summed E-state index contributed by atoms with van der Waals surface area (Å²) in [6.07, 6.45) is 1.77. The predicted octanol–water partition coefficient (Wildman–Crippen LogP) is 2.44. The van der Waals surface area contributed by atoms with Gasteiger partial charge in [-0.25, -0.2) is 4.79 Å². The Labute approximate surface area is 166 Å². The fraction of sp³-hybridized carbons (Fsp3) is 0.619. The van der Waals surface area contributed by atoms with Crippen LogP contribution >= 0.6 is 0 Å². The molecular formula is C21H30N2O5. The number of hydrogen-bond acceptors (Lipinski definition) is 4. The normalized spacial score (nSPS) is 24.9. The van der Waals surface area contributed by atoms with Crippen molar-refractivity contribution in [3.63, 3.8) is 0 Å². The first kappa shape index (κ1) is 20.6. The highest BCUT2D eigenvalue weighted by Gasteiger charge is 2.48. The predicted molar refractivity (Wildman–Crippen MR) is 104 cm³/mol. The van der Waals surface area contributed by atoms with Crippen LogP contribution in [0.15, 0.2) is 30.3 Å². The van der Waals surface area contributed by atoms with E-state index in [0.29, 0.717) is 39.1 Å². The van der Waals surface area contributed by atoms with E-state index < -0.39 is 17.2 Å². The molecule has 7 heteroatoms. The quantitative estimate of drug-likeness (QED) is 0.779. The maximum absolute atomic E-state index is 13.0. The molecule has 2 amide bonds. The highest BCUT2D eigenvalue weighted by molar-refractivity contribution is 5.75. The fourth-order valence-electron chi connectivity index (χ4n) is 4.14. The number of ether oxygens (including phenoxy) is 2. The van der Waals surface area contributed by atoms with Crippen molar-refractivity contribution in [2.24, 2.45) is 0 Å². The van der Waals surface area contributed by atoms with Gasteiger partial charge in [0.2, 0.25) is 0 Å². The second-order valence-corrected chi connectivity index (χ2v) is 8.47. The van der Waals surface area contributed by atoms with Crippen molar-refractivity contribution in [3.05, 3.63) is 35.9 Å². The Hall–Kier alpha value is -2.12. The van der Waals surface area contributed by atoms with Gasteiger partial charge < -0.3 is 24.8 Å². The number of amides is 2. The summed E-state index contributed by atoms with van der Waals surface area (Å²) in [6.45, 7) is 6.07. The maximum Gasteiger partial charge on any atom is 0.317 e. The first-order valence-corrected chi connectivity index (χ1v) is 9.86. The summed E-state index contributed by atoms with van der Waals surface area (Å²) in [6, 6.07) is 9.39. The average molecular weight is 390 g/mol. The van der Waals surface area contributed by atoms with E-state index in [9.17, 15) is 9.59 Å². The summed E-state index contributed by atoms with van der Waals surface area (Å²) in [5.41, 5.74) is 0.162. The first-order valence-electron chi connectivity index (χ1n) is 9.86. The zero-order chi connectivity index (χ0) is 20.2. The number of nitrogens with one attached hydrogen (secondary N) is 1. The molecular weight excluding hydrogens is 360 g/mol. The van der Waals surface area contributed by atoms with Gasteiger partial charge in [-0.15, -0.1) is 0 Å². The van der Waals surface area contributed by atoms with Crippen LogP contribution in [0.2, 0.25) is 0 Å². The van der Waals surface area contributed by atoms with Gasteiger partial charge in [-0.3, -0.25) is 4.79 Å². The molecule has 7 nitrogen and oxygen atoms in total. The van der Waals surface area contributed by atoms with Crippen LogP contribution < -0.4 is 5.32 Å². The number of urea groups is 1. The van der Waals surface area contributed by atoms with Gasteiger partial charge in [-0.1, -0.05) is 30.3 Å². The van der Waals surface area contributed by atoms with Crippen LogP contribution in [-0.2, 0) is 20.7 Å². The van der Waals surface area contributed by atoms with Crippen molar-refractivity contribution in [1.29, 1.82) is 0 Å². The van der Waals surface area contributed by atoms with Crippen LogP contribution in [0.25, 0.3) is 0 Å². The average Bonchev–Trinajstić information content (AvgIpc) is 3.06. The summed E-state index contributed by atoms with van der Waals surface area (Å²) < 4.78 is 11.8. The van der Waals surface area contributed by atoms with Gasteiger partial charge in [-0.2, -0.15) is 0 Å². The molecule has 1 aromatic rings. The summed E-state index contributed by atoms with van der Waals surface area (Å²) >= 11 is 0. The number of benzene rings is 1. The molecule has 28 heavy (non-hydrogen) atoms. The minimum Gasteiger partial charge on any atom is -0.481 e. The molecule has 2 fully saturated rings. The molecule has 2 saturated heterocycles. The highest BCUT2D eigenvalue weighted by Crippen LogP contribution is 2.34. The van der Waals surface area contributed by atoms with Gasteiger partial charge in [0.15, 0.2) is 0 Å². The summed E-state index contributed by atoms with van der Waals surface area (Å²) in [5, 5.41) is 12.1. The molecule has 0 bridgehead atoms. The van der Waals surface area contributed by atoms with Crippen molar-refractivity contribution in [2.45, 2.75) is 56.8 Å². The van der Waals surface area contributed by atoms with E-state index in [-0.39, 0.29) is 18.5 Å². The Bertz CT molecular complexity index is 685. The third-order valence-electron chi connectivity index (χ3n) is 5.26. The minimum atomic E-state index is -0.859. The lowest BCUT2D eigenvalue weighted by atomic mass is 9.95. The third kappa shape index (κ3) is 5.45.